The van der Waals surface area contributed by atoms with Gasteiger partial charge in [-0.05, 0) is 25.5 Å². The number of benzene rings is 1. The quantitative estimate of drug-likeness (QED) is 0.809. The monoisotopic (exact) mass is 255 g/mol. The first-order valence-corrected chi connectivity index (χ1v) is 5.91. The highest BCUT2D eigenvalue weighted by Gasteiger charge is 2.19. The minimum Gasteiger partial charge on any atom is -0.478 e. The lowest BCUT2D eigenvalue weighted by molar-refractivity contribution is -0.128. The molecule has 0 aliphatic carbocycles. The van der Waals surface area contributed by atoms with Gasteiger partial charge in [-0.15, -0.1) is 0 Å². The molecule has 2 atom stereocenters. The van der Waals surface area contributed by atoms with Crippen molar-refractivity contribution < 1.29 is 19.0 Å². The molecule has 18 heavy (non-hydrogen) atoms. The van der Waals surface area contributed by atoms with Gasteiger partial charge in [-0.3, -0.25) is 4.79 Å². The van der Waals surface area contributed by atoms with Gasteiger partial charge in [-0.1, -0.05) is 19.1 Å². The third kappa shape index (κ3) is 4.33. The standard InChI is InChI=1S/C13H18FNO3/c1-3-11(13(17)15-8-9(2)16)18-12-7-5-4-6-10(12)14/h4-7,9,11,16H,3,8H2,1-2H3,(H,15,17). The highest BCUT2D eigenvalue weighted by Crippen LogP contribution is 2.18. The van der Waals surface area contributed by atoms with Gasteiger partial charge in [0.15, 0.2) is 17.7 Å². The molecule has 0 bridgehead atoms. The van der Waals surface area contributed by atoms with Gasteiger partial charge in [-0.25, -0.2) is 4.39 Å². The maximum Gasteiger partial charge on any atom is 0.261 e. The molecule has 1 aromatic rings. The van der Waals surface area contributed by atoms with Crippen LogP contribution in [0.2, 0.25) is 0 Å². The Morgan fingerprint density at radius 2 is 2.17 bits per heavy atom. The van der Waals surface area contributed by atoms with Gasteiger partial charge in [0.05, 0.1) is 6.10 Å². The molecule has 1 rings (SSSR count). The number of halogens is 1. The van der Waals surface area contributed by atoms with Crippen molar-refractivity contribution in [2.75, 3.05) is 6.54 Å². The number of aliphatic hydroxyl groups excluding tert-OH is 1. The summed E-state index contributed by atoms with van der Waals surface area (Å²) < 4.78 is 18.7. The van der Waals surface area contributed by atoms with E-state index in [2.05, 4.69) is 5.32 Å². The summed E-state index contributed by atoms with van der Waals surface area (Å²) in [5.74, 6) is -0.808. The van der Waals surface area contributed by atoms with E-state index in [4.69, 9.17) is 9.84 Å². The molecule has 0 saturated heterocycles. The predicted octanol–water partition coefficient (Wildman–Crippen LogP) is 1.48. The minimum atomic E-state index is -0.763. The Morgan fingerprint density at radius 1 is 1.50 bits per heavy atom. The van der Waals surface area contributed by atoms with Crippen molar-refractivity contribution in [1.29, 1.82) is 0 Å². The van der Waals surface area contributed by atoms with Crippen LogP contribution in [0, 0.1) is 5.82 Å². The fourth-order valence-electron chi connectivity index (χ4n) is 1.38. The Kier molecular flexibility index (Phi) is 5.58. The zero-order chi connectivity index (χ0) is 13.5. The zero-order valence-corrected chi connectivity index (χ0v) is 10.5. The molecule has 2 N–H and O–H groups in total. The average Bonchev–Trinajstić information content (AvgIpc) is 2.35. The molecule has 1 aromatic carbocycles. The molecule has 0 fully saturated rings. The van der Waals surface area contributed by atoms with Gasteiger partial charge < -0.3 is 15.2 Å². The van der Waals surface area contributed by atoms with Crippen molar-refractivity contribution >= 4 is 5.91 Å². The lowest BCUT2D eigenvalue weighted by Crippen LogP contribution is -2.41. The Hall–Kier alpha value is -1.62. The molecular formula is C13H18FNO3. The van der Waals surface area contributed by atoms with Crippen molar-refractivity contribution in [3.8, 4) is 5.75 Å². The summed E-state index contributed by atoms with van der Waals surface area (Å²) in [6.45, 7) is 3.49. The number of carbonyl (C=O) groups is 1. The number of hydrogen-bond donors (Lipinski definition) is 2. The van der Waals surface area contributed by atoms with Crippen molar-refractivity contribution in [2.24, 2.45) is 0 Å². The first-order valence-electron chi connectivity index (χ1n) is 5.91. The second-order valence-electron chi connectivity index (χ2n) is 4.04. The Labute approximate surface area is 106 Å². The van der Waals surface area contributed by atoms with E-state index in [1.807, 2.05) is 0 Å². The minimum absolute atomic E-state index is 0.0524. The number of aliphatic hydroxyl groups is 1. The highest BCUT2D eigenvalue weighted by atomic mass is 19.1. The van der Waals surface area contributed by atoms with Crippen LogP contribution in [-0.4, -0.2) is 29.8 Å². The van der Waals surface area contributed by atoms with Crippen molar-refractivity contribution in [1.82, 2.24) is 5.32 Å². The number of hydrogen-bond acceptors (Lipinski definition) is 3. The number of carbonyl (C=O) groups excluding carboxylic acids is 1. The smallest absolute Gasteiger partial charge is 0.261 e. The summed E-state index contributed by atoms with van der Waals surface area (Å²) in [7, 11) is 0. The zero-order valence-electron chi connectivity index (χ0n) is 10.5. The van der Waals surface area contributed by atoms with Gasteiger partial charge in [0.25, 0.3) is 5.91 Å². The second kappa shape index (κ2) is 6.96. The molecule has 4 nitrogen and oxygen atoms in total. The molecule has 0 saturated carbocycles. The molecule has 1 amide bonds. The third-order valence-electron chi connectivity index (χ3n) is 2.34. The molecule has 0 aliphatic rings. The predicted molar refractivity (Wildman–Crippen MR) is 65.8 cm³/mol. The van der Waals surface area contributed by atoms with Crippen LogP contribution in [0.25, 0.3) is 0 Å². The van der Waals surface area contributed by atoms with Gasteiger partial charge in [-0.2, -0.15) is 0 Å². The molecule has 0 radical (unpaired) electrons. The van der Waals surface area contributed by atoms with Crippen LogP contribution < -0.4 is 10.1 Å². The first kappa shape index (κ1) is 14.4. The largest absolute Gasteiger partial charge is 0.478 e. The van der Waals surface area contributed by atoms with Crippen molar-refractivity contribution in [3.63, 3.8) is 0 Å². The Morgan fingerprint density at radius 3 is 2.72 bits per heavy atom. The number of para-hydroxylation sites is 1. The van der Waals surface area contributed by atoms with E-state index < -0.39 is 18.0 Å². The van der Waals surface area contributed by atoms with Gasteiger partial charge >= 0.3 is 0 Å². The molecule has 100 valence electrons. The summed E-state index contributed by atoms with van der Waals surface area (Å²) in [5.41, 5.74) is 0. The van der Waals surface area contributed by atoms with E-state index in [1.54, 1.807) is 26.0 Å². The molecule has 0 aromatic heterocycles. The van der Waals surface area contributed by atoms with Gasteiger partial charge in [0.1, 0.15) is 0 Å². The molecule has 5 heteroatoms. The fraction of sp³-hybridized carbons (Fsp3) is 0.462. The molecule has 0 aliphatic heterocycles. The Bertz CT molecular complexity index is 396. The van der Waals surface area contributed by atoms with Crippen LogP contribution in [0.1, 0.15) is 20.3 Å². The molecular weight excluding hydrogens is 237 g/mol. The number of ether oxygens (including phenoxy) is 1. The van der Waals surface area contributed by atoms with E-state index in [-0.39, 0.29) is 18.2 Å². The van der Waals surface area contributed by atoms with Gasteiger partial charge in [0, 0.05) is 6.54 Å². The summed E-state index contributed by atoms with van der Waals surface area (Å²) in [6, 6.07) is 5.94. The summed E-state index contributed by atoms with van der Waals surface area (Å²) >= 11 is 0. The number of amides is 1. The van der Waals surface area contributed by atoms with E-state index >= 15 is 0 Å². The van der Waals surface area contributed by atoms with E-state index in [0.717, 1.165) is 0 Å². The topological polar surface area (TPSA) is 58.6 Å². The highest BCUT2D eigenvalue weighted by molar-refractivity contribution is 5.81. The van der Waals surface area contributed by atoms with E-state index in [1.165, 1.54) is 12.1 Å². The van der Waals surface area contributed by atoms with Crippen LogP contribution in [0.4, 0.5) is 4.39 Å². The molecule has 0 spiro atoms. The van der Waals surface area contributed by atoms with Crippen LogP contribution >= 0.6 is 0 Å². The summed E-state index contributed by atoms with van der Waals surface area (Å²) in [5, 5.41) is 11.6. The van der Waals surface area contributed by atoms with Crippen LogP contribution in [0.5, 0.6) is 5.75 Å². The molecule has 0 heterocycles. The summed E-state index contributed by atoms with van der Waals surface area (Å²) in [4.78, 5) is 11.7. The number of nitrogens with one attached hydrogen (secondary N) is 1. The second-order valence-corrected chi connectivity index (χ2v) is 4.04. The number of rotatable bonds is 6. The lowest BCUT2D eigenvalue weighted by Gasteiger charge is -2.18. The lowest BCUT2D eigenvalue weighted by atomic mass is 10.2. The Balaban J connectivity index is 2.62. The maximum absolute atomic E-state index is 13.4. The first-order chi connectivity index (χ1) is 8.54. The van der Waals surface area contributed by atoms with Gasteiger partial charge in [0.2, 0.25) is 0 Å². The van der Waals surface area contributed by atoms with Crippen molar-refractivity contribution in [3.05, 3.63) is 30.1 Å². The molecule has 2 unspecified atom stereocenters. The maximum atomic E-state index is 13.4. The van der Waals surface area contributed by atoms with Crippen LogP contribution in [0.3, 0.4) is 0 Å². The average molecular weight is 255 g/mol. The fourth-order valence-corrected chi connectivity index (χ4v) is 1.38. The summed E-state index contributed by atoms with van der Waals surface area (Å²) in [6.07, 6.45) is -0.972. The van der Waals surface area contributed by atoms with E-state index in [9.17, 15) is 9.18 Å². The normalized spacial score (nSPS) is 13.8. The van der Waals surface area contributed by atoms with Crippen molar-refractivity contribution in [2.45, 2.75) is 32.5 Å². The van der Waals surface area contributed by atoms with E-state index in [0.29, 0.717) is 6.42 Å². The van der Waals surface area contributed by atoms with Crippen LogP contribution in [-0.2, 0) is 4.79 Å². The van der Waals surface area contributed by atoms with Crippen LogP contribution in [0.15, 0.2) is 24.3 Å². The SMILES string of the molecule is CCC(Oc1ccccc1F)C(=O)NCC(C)O. The third-order valence-corrected chi connectivity index (χ3v) is 2.34.